The summed E-state index contributed by atoms with van der Waals surface area (Å²) in [5.41, 5.74) is 5.20. The Morgan fingerprint density at radius 2 is 1.71 bits per heavy atom. The number of hydrogen-bond acceptors (Lipinski definition) is 3. The molecule has 1 N–H and O–H groups in total. The van der Waals surface area contributed by atoms with Gasteiger partial charge in [-0.3, -0.25) is 0 Å². The van der Waals surface area contributed by atoms with Gasteiger partial charge in [0.05, 0.1) is 16.6 Å². The number of rotatable bonds is 5. The van der Waals surface area contributed by atoms with Crippen molar-refractivity contribution in [2.45, 2.75) is 0 Å². The van der Waals surface area contributed by atoms with E-state index in [1.165, 1.54) is 17.0 Å². The first-order chi connectivity index (χ1) is 16.8. The molecule has 3 aromatic heterocycles. The quantitative estimate of drug-likeness (QED) is 0.239. The van der Waals surface area contributed by atoms with Gasteiger partial charge in [0.1, 0.15) is 5.82 Å². The Morgan fingerprint density at radius 3 is 2.56 bits per heavy atom. The fraction of sp³-hybridized carbons (Fsp3) is 0. The first-order valence-electron chi connectivity index (χ1n) is 11.0. The molecule has 0 spiro atoms. The van der Waals surface area contributed by atoms with E-state index in [0.29, 0.717) is 11.4 Å². The molecule has 0 aliphatic heterocycles. The van der Waals surface area contributed by atoms with Crippen LogP contribution in [0.3, 0.4) is 0 Å². The lowest BCUT2D eigenvalue weighted by Crippen LogP contribution is -2.00. The van der Waals surface area contributed by atoms with Crippen molar-refractivity contribution in [2.24, 2.45) is 0 Å². The lowest BCUT2D eigenvalue weighted by atomic mass is 10.1. The van der Waals surface area contributed by atoms with Crippen LogP contribution in [0.1, 0.15) is 5.82 Å². The third-order valence-corrected chi connectivity index (χ3v) is 6.07. The van der Waals surface area contributed by atoms with E-state index in [9.17, 15) is 0 Å². The van der Waals surface area contributed by atoms with Crippen molar-refractivity contribution >= 4 is 44.5 Å². The summed E-state index contributed by atoms with van der Waals surface area (Å²) in [5, 5.41) is 10.7. The molecule has 162 valence electrons. The van der Waals surface area contributed by atoms with Gasteiger partial charge in [-0.2, -0.15) is 0 Å². The number of benzene rings is 3. The maximum absolute atomic E-state index is 7.21. The predicted molar refractivity (Wildman–Crippen MR) is 140 cm³/mol. The van der Waals surface area contributed by atoms with Gasteiger partial charge in [0.25, 0.3) is 0 Å². The Hall–Kier alpha value is -4.77. The van der Waals surface area contributed by atoms with Crippen LogP contribution >= 0.6 is 0 Å². The van der Waals surface area contributed by atoms with Crippen LogP contribution in [0.15, 0.2) is 110 Å². The smallest absolute Gasteiger partial charge is 0.160 e. The molecule has 5 heteroatoms. The van der Waals surface area contributed by atoms with E-state index in [0.717, 1.165) is 33.4 Å². The summed E-state index contributed by atoms with van der Waals surface area (Å²) in [6, 6.07) is 27.4. The van der Waals surface area contributed by atoms with E-state index < -0.39 is 0 Å². The molecule has 0 saturated carbocycles. The molecule has 0 fully saturated rings. The molecule has 34 heavy (non-hydrogen) atoms. The Labute approximate surface area is 196 Å². The lowest BCUT2D eigenvalue weighted by Gasteiger charge is -2.09. The Balaban J connectivity index is 1.66. The average Bonchev–Trinajstić information content (AvgIpc) is 3.47. The molecule has 6 aromatic rings. The molecule has 0 bridgehead atoms. The second-order valence-corrected chi connectivity index (χ2v) is 8.06. The maximum atomic E-state index is 7.21. The number of allylic oxidation sites excluding steroid dienone is 3. The zero-order chi connectivity index (χ0) is 23.1. The average molecular weight is 440 g/mol. The molecule has 0 saturated heterocycles. The molecule has 0 amide bonds. The predicted octanol–water partition coefficient (Wildman–Crippen LogP) is 6.74. The van der Waals surface area contributed by atoms with Gasteiger partial charge in [-0.25, -0.2) is 9.97 Å². The number of para-hydroxylation sites is 2. The van der Waals surface area contributed by atoms with Crippen LogP contribution in [0, 0.1) is 5.41 Å². The normalized spacial score (nSPS) is 11.6. The Kier molecular flexibility index (Phi) is 4.66. The molecule has 6 rings (SSSR count). The minimum Gasteiger partial charge on any atom is -0.309 e. The van der Waals surface area contributed by atoms with E-state index in [4.69, 9.17) is 10.4 Å². The van der Waals surface area contributed by atoms with E-state index in [1.807, 2.05) is 12.1 Å². The van der Waals surface area contributed by atoms with Gasteiger partial charge in [-0.05, 0) is 42.5 Å². The molecule has 0 aliphatic rings. The SMILES string of the molecule is C=C(/C=C\C=N)c1nccc(-n2ccc3ccc4c(c5ccccc5n4-c4ccccc4)c32)n1. The standard InChI is InChI=1S/C29H21N5/c1-20(8-7-17-30)29-31-18-15-26(32-29)33-19-16-21-13-14-25-27(28(21)33)23-11-5-6-12-24(23)34(25)22-9-3-2-4-10-22/h2-19,30H,1H2/b8-7-,30-17?. The zero-order valence-corrected chi connectivity index (χ0v) is 18.4. The van der Waals surface area contributed by atoms with Crippen LogP contribution in [0.2, 0.25) is 0 Å². The second kappa shape index (κ2) is 7.98. The summed E-state index contributed by atoms with van der Waals surface area (Å²) >= 11 is 0. The maximum Gasteiger partial charge on any atom is 0.160 e. The summed E-state index contributed by atoms with van der Waals surface area (Å²) in [7, 11) is 0. The van der Waals surface area contributed by atoms with Crippen molar-refractivity contribution in [3.8, 4) is 11.5 Å². The third kappa shape index (κ3) is 3.06. The Morgan fingerprint density at radius 1 is 0.882 bits per heavy atom. The number of nitrogens with one attached hydrogen (secondary N) is 1. The molecular formula is C29H21N5. The van der Waals surface area contributed by atoms with Gasteiger partial charge in [0.15, 0.2) is 5.82 Å². The number of aromatic nitrogens is 4. The molecule has 0 radical (unpaired) electrons. The van der Waals surface area contributed by atoms with Gasteiger partial charge in [-0.1, -0.05) is 55.1 Å². The zero-order valence-electron chi connectivity index (χ0n) is 18.4. The second-order valence-electron chi connectivity index (χ2n) is 8.06. The lowest BCUT2D eigenvalue weighted by molar-refractivity contribution is 0.997. The number of fused-ring (bicyclic) bond motifs is 5. The van der Waals surface area contributed by atoms with Crippen LogP contribution in [0.25, 0.3) is 49.8 Å². The van der Waals surface area contributed by atoms with Crippen molar-refractivity contribution in [1.82, 2.24) is 19.1 Å². The minimum absolute atomic E-state index is 0.538. The van der Waals surface area contributed by atoms with Crippen LogP contribution in [0.4, 0.5) is 0 Å². The van der Waals surface area contributed by atoms with Crippen LogP contribution < -0.4 is 0 Å². The van der Waals surface area contributed by atoms with Crippen molar-refractivity contribution in [2.75, 3.05) is 0 Å². The van der Waals surface area contributed by atoms with Crippen molar-refractivity contribution < 1.29 is 0 Å². The van der Waals surface area contributed by atoms with Crippen molar-refractivity contribution in [1.29, 1.82) is 5.41 Å². The minimum atomic E-state index is 0.538. The van der Waals surface area contributed by atoms with E-state index in [-0.39, 0.29) is 0 Å². The van der Waals surface area contributed by atoms with Crippen LogP contribution in [-0.2, 0) is 0 Å². The topological polar surface area (TPSA) is 59.5 Å². The van der Waals surface area contributed by atoms with E-state index in [1.54, 1.807) is 18.3 Å². The molecule has 3 aromatic carbocycles. The fourth-order valence-corrected chi connectivity index (χ4v) is 4.60. The van der Waals surface area contributed by atoms with Gasteiger partial charge >= 0.3 is 0 Å². The highest BCUT2D eigenvalue weighted by Gasteiger charge is 2.17. The number of nitrogens with zero attached hydrogens (tertiary/aromatic N) is 4. The highest BCUT2D eigenvalue weighted by Crippen LogP contribution is 2.37. The van der Waals surface area contributed by atoms with Gasteiger partial charge in [-0.15, -0.1) is 0 Å². The fourth-order valence-electron chi connectivity index (χ4n) is 4.60. The van der Waals surface area contributed by atoms with Crippen LogP contribution in [-0.4, -0.2) is 25.3 Å². The van der Waals surface area contributed by atoms with E-state index >= 15 is 0 Å². The molecular weight excluding hydrogens is 418 g/mol. The van der Waals surface area contributed by atoms with Crippen molar-refractivity contribution in [3.63, 3.8) is 0 Å². The first-order valence-corrected chi connectivity index (χ1v) is 11.0. The molecule has 0 aliphatic carbocycles. The van der Waals surface area contributed by atoms with Gasteiger partial charge in [0.2, 0.25) is 0 Å². The summed E-state index contributed by atoms with van der Waals surface area (Å²) in [5.74, 6) is 1.31. The van der Waals surface area contributed by atoms with E-state index in [2.05, 4.69) is 93.6 Å². The molecule has 0 atom stereocenters. The highest BCUT2D eigenvalue weighted by molar-refractivity contribution is 6.20. The summed E-state index contributed by atoms with van der Waals surface area (Å²) in [6.07, 6.45) is 8.38. The summed E-state index contributed by atoms with van der Waals surface area (Å²) < 4.78 is 4.44. The molecule has 3 heterocycles. The Bertz CT molecular complexity index is 1740. The van der Waals surface area contributed by atoms with Crippen molar-refractivity contribution in [3.05, 3.63) is 116 Å². The van der Waals surface area contributed by atoms with Gasteiger partial charge < -0.3 is 14.5 Å². The molecule has 0 unspecified atom stereocenters. The monoisotopic (exact) mass is 439 g/mol. The van der Waals surface area contributed by atoms with Gasteiger partial charge in [0, 0.05) is 46.0 Å². The highest BCUT2D eigenvalue weighted by atomic mass is 15.1. The summed E-state index contributed by atoms with van der Waals surface area (Å²) in [6.45, 7) is 4.05. The first kappa shape index (κ1) is 19.9. The third-order valence-electron chi connectivity index (χ3n) is 6.07. The largest absolute Gasteiger partial charge is 0.309 e. The molecule has 5 nitrogen and oxygen atoms in total. The number of hydrogen-bond donors (Lipinski definition) is 1. The van der Waals surface area contributed by atoms with Crippen LogP contribution in [0.5, 0.6) is 0 Å². The summed E-state index contributed by atoms with van der Waals surface area (Å²) in [4.78, 5) is 9.17.